The van der Waals surface area contributed by atoms with Crippen molar-refractivity contribution in [1.82, 2.24) is 5.43 Å². The second kappa shape index (κ2) is 5.67. The van der Waals surface area contributed by atoms with Gasteiger partial charge in [0.1, 0.15) is 11.9 Å². The van der Waals surface area contributed by atoms with Crippen molar-refractivity contribution in [2.45, 2.75) is 26.0 Å². The Hall–Kier alpha value is -2.14. The second-order valence-electron chi connectivity index (χ2n) is 4.47. The lowest BCUT2D eigenvalue weighted by Gasteiger charge is -2.22. The van der Waals surface area contributed by atoms with E-state index >= 15 is 0 Å². The van der Waals surface area contributed by atoms with E-state index in [1.54, 1.807) is 13.1 Å². The monoisotopic (exact) mass is 259 g/mol. The van der Waals surface area contributed by atoms with Gasteiger partial charge >= 0.3 is 0 Å². The van der Waals surface area contributed by atoms with Crippen molar-refractivity contribution >= 4 is 18.2 Å². The number of rotatable bonds is 3. The lowest BCUT2D eigenvalue weighted by Crippen LogP contribution is -2.35. The van der Waals surface area contributed by atoms with Crippen LogP contribution in [-0.4, -0.2) is 24.3 Å². The molecule has 19 heavy (non-hydrogen) atoms. The van der Waals surface area contributed by atoms with Crippen molar-refractivity contribution < 1.29 is 9.53 Å². The van der Waals surface area contributed by atoms with Crippen molar-refractivity contribution in [3.63, 3.8) is 0 Å². The Kier molecular flexibility index (Phi) is 3.97. The third-order valence-electron chi connectivity index (χ3n) is 2.82. The quantitative estimate of drug-likeness (QED) is 0.634. The molecule has 0 aliphatic carbocycles. The van der Waals surface area contributed by atoms with Crippen molar-refractivity contribution in [3.8, 4) is 5.75 Å². The summed E-state index contributed by atoms with van der Waals surface area (Å²) in [7, 11) is 0. The van der Waals surface area contributed by atoms with Gasteiger partial charge in [-0.15, -0.1) is 0 Å². The highest BCUT2D eigenvalue weighted by atomic mass is 16.5. The number of hydrogen-bond acceptors (Lipinski definition) is 4. The zero-order valence-electron chi connectivity index (χ0n) is 11.0. The molecule has 0 fully saturated rings. The average molecular weight is 259 g/mol. The van der Waals surface area contributed by atoms with Gasteiger partial charge in [0.15, 0.2) is 0 Å². The maximum absolute atomic E-state index is 11.3. The van der Waals surface area contributed by atoms with E-state index in [9.17, 15) is 4.79 Å². The molecule has 1 heterocycles. The van der Waals surface area contributed by atoms with Gasteiger partial charge in [-0.05, 0) is 26.0 Å². The predicted molar refractivity (Wildman–Crippen MR) is 74.8 cm³/mol. The molecule has 0 saturated carbocycles. The molecule has 1 aliphatic heterocycles. The zero-order valence-corrected chi connectivity index (χ0v) is 11.0. The van der Waals surface area contributed by atoms with E-state index in [1.807, 2.05) is 37.3 Å². The first-order valence-electron chi connectivity index (χ1n) is 6.13. The molecule has 0 aromatic heterocycles. The van der Waals surface area contributed by atoms with Gasteiger partial charge in [-0.25, -0.2) is 5.43 Å². The third kappa shape index (κ3) is 3.20. The molecule has 1 unspecified atom stereocenters. The van der Waals surface area contributed by atoms with E-state index in [0.717, 1.165) is 16.9 Å². The molecule has 2 atom stereocenters. The summed E-state index contributed by atoms with van der Waals surface area (Å²) in [6.07, 6.45) is 3.47. The van der Waals surface area contributed by atoms with Crippen LogP contribution >= 0.6 is 0 Å². The summed E-state index contributed by atoms with van der Waals surface area (Å²) in [5.74, 6) is 0.536. The van der Waals surface area contributed by atoms with Gasteiger partial charge in [-0.1, -0.05) is 18.2 Å². The molecule has 1 aromatic carbocycles. The Morgan fingerprint density at radius 2 is 2.26 bits per heavy atom. The highest BCUT2D eigenvalue weighted by Crippen LogP contribution is 2.28. The van der Waals surface area contributed by atoms with Crippen LogP contribution in [0.3, 0.4) is 0 Å². The molecule has 3 N–H and O–H groups in total. The lowest BCUT2D eigenvalue weighted by atomic mass is 10.0. The molecule has 5 nitrogen and oxygen atoms in total. The van der Waals surface area contributed by atoms with E-state index in [-0.39, 0.29) is 12.0 Å². The van der Waals surface area contributed by atoms with Gasteiger partial charge in [0.25, 0.3) is 5.91 Å². The summed E-state index contributed by atoms with van der Waals surface area (Å²) in [4.78, 5) is 11.3. The van der Waals surface area contributed by atoms with E-state index < -0.39 is 6.04 Å². The molecule has 1 aromatic rings. The minimum absolute atomic E-state index is 0.106. The lowest BCUT2D eigenvalue weighted by molar-refractivity contribution is -0.121. The fourth-order valence-electron chi connectivity index (χ4n) is 1.68. The maximum Gasteiger partial charge on any atom is 0.256 e. The van der Waals surface area contributed by atoms with Crippen LogP contribution < -0.4 is 15.9 Å². The van der Waals surface area contributed by atoms with Gasteiger partial charge in [-0.3, -0.25) is 4.79 Å². The van der Waals surface area contributed by atoms with Crippen molar-refractivity contribution in [3.05, 3.63) is 35.4 Å². The van der Waals surface area contributed by atoms with Crippen molar-refractivity contribution in [2.75, 3.05) is 0 Å². The summed E-state index contributed by atoms with van der Waals surface area (Å²) >= 11 is 0. The molecule has 0 radical (unpaired) electrons. The minimum Gasteiger partial charge on any atom is -0.485 e. The van der Waals surface area contributed by atoms with Crippen molar-refractivity contribution in [2.24, 2.45) is 10.8 Å². The Balaban J connectivity index is 2.10. The fourth-order valence-corrected chi connectivity index (χ4v) is 1.68. The van der Waals surface area contributed by atoms with Crippen LogP contribution in [0, 0.1) is 0 Å². The topological polar surface area (TPSA) is 76.7 Å². The highest BCUT2D eigenvalue weighted by Gasteiger charge is 2.16. The standard InChI is InChI=1S/C14H17N3O2/c1-9(15)14(18)17-16-8-12-7-11-5-3-4-6-13(11)19-10(12)2/h3-10H,15H2,1-2H3,(H,17,18)/b16-8+/t9-,10?/m1/s1. The molecule has 1 amide bonds. The van der Waals surface area contributed by atoms with Gasteiger partial charge in [0.05, 0.1) is 12.3 Å². The summed E-state index contributed by atoms with van der Waals surface area (Å²) in [6.45, 7) is 3.54. The van der Waals surface area contributed by atoms with Crippen LogP contribution in [-0.2, 0) is 4.79 Å². The average Bonchev–Trinajstić information content (AvgIpc) is 2.39. The predicted octanol–water partition coefficient (Wildman–Crippen LogP) is 1.30. The Labute approximate surface area is 112 Å². The number of para-hydroxylation sites is 1. The molecule has 1 aliphatic rings. The van der Waals surface area contributed by atoms with Crippen LogP contribution in [0.2, 0.25) is 0 Å². The summed E-state index contributed by atoms with van der Waals surface area (Å²) in [6, 6.07) is 7.19. The summed E-state index contributed by atoms with van der Waals surface area (Å²) in [5.41, 5.74) is 9.70. The molecule has 0 saturated heterocycles. The van der Waals surface area contributed by atoms with E-state index in [2.05, 4.69) is 10.5 Å². The number of fused-ring (bicyclic) bond motifs is 1. The first-order valence-corrected chi connectivity index (χ1v) is 6.13. The smallest absolute Gasteiger partial charge is 0.256 e. The van der Waals surface area contributed by atoms with Crippen molar-refractivity contribution in [1.29, 1.82) is 0 Å². The van der Waals surface area contributed by atoms with Gasteiger partial charge in [0, 0.05) is 11.1 Å². The number of benzene rings is 1. The molecule has 2 rings (SSSR count). The minimum atomic E-state index is -0.577. The second-order valence-corrected chi connectivity index (χ2v) is 4.47. The van der Waals surface area contributed by atoms with Crippen LogP contribution in [0.5, 0.6) is 5.75 Å². The first-order chi connectivity index (χ1) is 9.08. The molecular formula is C14H17N3O2. The number of nitrogens with two attached hydrogens (primary N) is 1. The number of nitrogens with zero attached hydrogens (tertiary/aromatic N) is 1. The van der Waals surface area contributed by atoms with E-state index in [4.69, 9.17) is 10.5 Å². The molecule has 100 valence electrons. The molecular weight excluding hydrogens is 242 g/mol. The Bertz CT molecular complexity index is 535. The van der Waals surface area contributed by atoms with Gasteiger partial charge < -0.3 is 10.5 Å². The third-order valence-corrected chi connectivity index (χ3v) is 2.82. The zero-order chi connectivity index (χ0) is 13.8. The number of hydrazone groups is 1. The Morgan fingerprint density at radius 1 is 1.53 bits per heavy atom. The largest absolute Gasteiger partial charge is 0.485 e. The van der Waals surface area contributed by atoms with Crippen LogP contribution in [0.1, 0.15) is 19.4 Å². The number of carbonyl (C=O) groups excluding carboxylic acids is 1. The van der Waals surface area contributed by atoms with Gasteiger partial charge in [0.2, 0.25) is 0 Å². The molecule has 5 heteroatoms. The highest BCUT2D eigenvalue weighted by molar-refractivity contribution is 5.90. The van der Waals surface area contributed by atoms with Crippen LogP contribution in [0.4, 0.5) is 0 Å². The molecule has 0 bridgehead atoms. The molecule has 0 spiro atoms. The Morgan fingerprint density at radius 3 is 3.00 bits per heavy atom. The SMILES string of the molecule is CC1Oc2ccccc2C=C1/C=N/NC(=O)[C@@H](C)N. The number of carbonyl (C=O) groups is 1. The maximum atomic E-state index is 11.3. The summed E-state index contributed by atoms with van der Waals surface area (Å²) in [5, 5.41) is 3.89. The van der Waals surface area contributed by atoms with Crippen LogP contribution in [0.25, 0.3) is 6.08 Å². The number of ether oxygens (including phenoxy) is 1. The van der Waals surface area contributed by atoms with Crippen LogP contribution in [0.15, 0.2) is 34.9 Å². The number of hydrogen-bond donors (Lipinski definition) is 2. The fraction of sp³-hybridized carbons (Fsp3) is 0.286. The van der Waals surface area contributed by atoms with E-state index in [1.165, 1.54) is 0 Å². The normalized spacial score (nSPS) is 19.3. The van der Waals surface area contributed by atoms with Gasteiger partial charge in [-0.2, -0.15) is 5.10 Å². The summed E-state index contributed by atoms with van der Waals surface area (Å²) < 4.78 is 5.75. The number of amides is 1. The number of nitrogens with one attached hydrogen (secondary N) is 1. The van der Waals surface area contributed by atoms with E-state index in [0.29, 0.717) is 0 Å². The first kappa shape index (κ1) is 13.3.